The Morgan fingerprint density at radius 1 is 0.375 bits per heavy atom. The first-order valence-corrected chi connectivity index (χ1v) is 22.0. The van der Waals surface area contributed by atoms with Crippen LogP contribution in [0.4, 0.5) is 0 Å². The first kappa shape index (κ1) is 42.1. The molecule has 64 heavy (non-hydrogen) atoms. The lowest BCUT2D eigenvalue weighted by atomic mass is 9.89. The van der Waals surface area contributed by atoms with E-state index in [0.717, 1.165) is 89.6 Å². The first-order chi connectivity index (χ1) is 31.5. The van der Waals surface area contributed by atoms with Crippen LogP contribution in [0.2, 0.25) is 0 Å². The Bertz CT molecular complexity index is 2520. The highest BCUT2D eigenvalue weighted by Gasteiger charge is 2.22. The topological polar surface area (TPSA) is 109 Å². The van der Waals surface area contributed by atoms with Gasteiger partial charge in [0.1, 0.15) is 36.2 Å². The Balaban J connectivity index is 1.16. The van der Waals surface area contributed by atoms with Crippen LogP contribution in [0.3, 0.4) is 0 Å². The maximum Gasteiger partial charge on any atom is 0.126 e. The van der Waals surface area contributed by atoms with Crippen molar-refractivity contribution in [2.45, 2.75) is 65.1 Å². The van der Waals surface area contributed by atoms with Crippen molar-refractivity contribution < 1.29 is 19.7 Å². The molecule has 0 radical (unpaired) electrons. The van der Waals surface area contributed by atoms with E-state index in [9.17, 15) is 10.2 Å². The number of phenols is 2. The van der Waals surface area contributed by atoms with Crippen LogP contribution in [-0.4, -0.2) is 20.2 Å². The second-order valence-corrected chi connectivity index (χ2v) is 16.4. The summed E-state index contributed by atoms with van der Waals surface area (Å²) in [5, 5.41) is 31.8. The summed E-state index contributed by atoms with van der Waals surface area (Å²) in [6.07, 6.45) is 5.33. The molecule has 0 unspecified atom stereocenters. The highest BCUT2D eigenvalue weighted by atomic mass is 16.5. The van der Waals surface area contributed by atoms with Crippen molar-refractivity contribution in [1.29, 1.82) is 0 Å². The number of fused-ring (bicyclic) bond motifs is 8. The summed E-state index contributed by atoms with van der Waals surface area (Å²) in [5.41, 5.74) is 13.1. The number of nitrogens with zero attached hydrogens (tertiary/aromatic N) is 2. The molecule has 9 rings (SSSR count). The van der Waals surface area contributed by atoms with Gasteiger partial charge in [0.15, 0.2) is 0 Å². The van der Waals surface area contributed by atoms with Crippen molar-refractivity contribution in [3.8, 4) is 23.0 Å². The van der Waals surface area contributed by atoms with Gasteiger partial charge in [-0.15, -0.1) is 0 Å². The molecular formula is C56H52N4O4. The summed E-state index contributed by atoms with van der Waals surface area (Å²) < 4.78 is 13.6. The normalized spacial score (nSPS) is 12.1. The zero-order valence-electron chi connectivity index (χ0n) is 35.8. The Kier molecular flexibility index (Phi) is 13.3. The smallest absolute Gasteiger partial charge is 0.126 e. The van der Waals surface area contributed by atoms with Gasteiger partial charge in [-0.2, -0.15) is 0 Å². The molecule has 8 bridgehead atoms. The Hall–Kier alpha value is -7.26. The average molecular weight is 845 g/mol. The van der Waals surface area contributed by atoms with Crippen molar-refractivity contribution >= 4 is 0 Å². The number of para-hydroxylation sites is 2. The van der Waals surface area contributed by atoms with Crippen molar-refractivity contribution in [2.75, 3.05) is 0 Å². The molecule has 2 aromatic heterocycles. The van der Waals surface area contributed by atoms with Gasteiger partial charge in [0.25, 0.3) is 0 Å². The summed E-state index contributed by atoms with van der Waals surface area (Å²) in [4.78, 5) is 9.01. The standard InChI is InChI=1S/C56H52N4O4/c61-53-47-25-41(33-57-35-51-21-7-9-23-59-51)27-49(53)31-45-19-12-20-46(56(45)64-38-40-15-5-2-6-16-40)32-50-28-42(34-58-36-52-22-8-10-24-60-52)26-48(54(50)62)30-44-18-11-17-43(29-47)55(44)63-37-39-13-3-1-4-14-39/h1-28,57-58,61-62H,29-38H2. The van der Waals surface area contributed by atoms with Crippen molar-refractivity contribution in [3.63, 3.8) is 0 Å². The largest absolute Gasteiger partial charge is 0.507 e. The third-order valence-electron chi connectivity index (χ3n) is 11.7. The lowest BCUT2D eigenvalue weighted by Gasteiger charge is -2.22. The molecule has 6 aromatic carbocycles. The van der Waals surface area contributed by atoms with Gasteiger partial charge in [0.2, 0.25) is 0 Å². The van der Waals surface area contributed by atoms with Crippen LogP contribution in [0.1, 0.15) is 78.1 Å². The van der Waals surface area contributed by atoms with E-state index in [4.69, 9.17) is 9.47 Å². The molecule has 1 aliphatic rings. The van der Waals surface area contributed by atoms with Gasteiger partial charge in [-0.25, -0.2) is 0 Å². The molecule has 0 saturated heterocycles. The third kappa shape index (κ3) is 10.5. The number of nitrogens with one attached hydrogen (secondary N) is 2. The van der Waals surface area contributed by atoms with Crippen LogP contribution in [0.5, 0.6) is 23.0 Å². The minimum absolute atomic E-state index is 0.255. The van der Waals surface area contributed by atoms with Crippen LogP contribution in [0.15, 0.2) is 170 Å². The Morgan fingerprint density at radius 2 is 0.734 bits per heavy atom. The van der Waals surface area contributed by atoms with E-state index in [2.05, 4.69) is 106 Å². The van der Waals surface area contributed by atoms with Crippen molar-refractivity contribution in [3.05, 3.63) is 248 Å². The quantitative estimate of drug-likeness (QED) is 0.0857. The highest BCUT2D eigenvalue weighted by Crippen LogP contribution is 2.39. The van der Waals surface area contributed by atoms with Gasteiger partial charge < -0.3 is 30.3 Å². The SMILES string of the molecule is Oc1c2cc(CNCc3ccccn3)cc1Cc1cccc(c1OCc1ccccc1)Cc1cc(CNCc3ccccn3)cc(c1O)Cc1cccc(c1OCc1ccccc1)C2. The lowest BCUT2D eigenvalue weighted by molar-refractivity contribution is 0.300. The molecule has 8 heteroatoms. The Labute approximate surface area is 375 Å². The monoisotopic (exact) mass is 844 g/mol. The summed E-state index contributed by atoms with van der Waals surface area (Å²) in [7, 11) is 0. The number of rotatable bonds is 14. The molecule has 8 nitrogen and oxygen atoms in total. The van der Waals surface area contributed by atoms with Crippen molar-refractivity contribution in [2.24, 2.45) is 0 Å². The van der Waals surface area contributed by atoms with Crippen LogP contribution >= 0.6 is 0 Å². The van der Waals surface area contributed by atoms with Crippen LogP contribution < -0.4 is 20.1 Å². The predicted molar refractivity (Wildman–Crippen MR) is 251 cm³/mol. The second-order valence-electron chi connectivity index (χ2n) is 16.4. The highest BCUT2D eigenvalue weighted by molar-refractivity contribution is 5.57. The fourth-order valence-corrected chi connectivity index (χ4v) is 8.57. The molecule has 0 fully saturated rings. The zero-order chi connectivity index (χ0) is 43.5. The lowest BCUT2D eigenvalue weighted by Crippen LogP contribution is -2.14. The fraction of sp³-hybridized carbons (Fsp3) is 0.179. The first-order valence-electron chi connectivity index (χ1n) is 22.0. The molecular weight excluding hydrogens is 793 g/mol. The molecule has 1 aliphatic carbocycles. The van der Waals surface area contributed by atoms with Crippen LogP contribution in [0, 0.1) is 0 Å². The maximum absolute atomic E-state index is 12.3. The van der Waals surface area contributed by atoms with E-state index in [1.165, 1.54) is 0 Å². The van der Waals surface area contributed by atoms with Crippen LogP contribution in [0.25, 0.3) is 0 Å². The number of pyridine rings is 2. The van der Waals surface area contributed by atoms with Crippen LogP contribution in [-0.2, 0) is 65.1 Å². The number of aromatic nitrogens is 2. The molecule has 0 spiro atoms. The van der Waals surface area contributed by atoms with E-state index in [0.29, 0.717) is 65.1 Å². The third-order valence-corrected chi connectivity index (χ3v) is 11.7. The Morgan fingerprint density at radius 3 is 1.08 bits per heavy atom. The second kappa shape index (κ2) is 20.3. The summed E-state index contributed by atoms with van der Waals surface area (Å²) in [6, 6.07) is 53.0. The molecule has 0 saturated carbocycles. The average Bonchev–Trinajstić information content (AvgIpc) is 3.32. The number of ether oxygens (including phenoxy) is 2. The molecule has 0 aliphatic heterocycles. The van der Waals surface area contributed by atoms with Crippen molar-refractivity contribution in [1.82, 2.24) is 20.6 Å². The number of aromatic hydroxyl groups is 2. The van der Waals surface area contributed by atoms with E-state index in [1.807, 2.05) is 85.2 Å². The number of hydrogen-bond donors (Lipinski definition) is 4. The molecule has 4 N–H and O–H groups in total. The summed E-state index contributed by atoms with van der Waals surface area (Å²) >= 11 is 0. The summed E-state index contributed by atoms with van der Waals surface area (Å²) in [6.45, 7) is 3.13. The molecule has 0 atom stereocenters. The van der Waals surface area contributed by atoms with Gasteiger partial charge in [-0.3, -0.25) is 9.97 Å². The number of hydrogen-bond acceptors (Lipinski definition) is 8. The van der Waals surface area contributed by atoms with Gasteiger partial charge in [0.05, 0.1) is 11.4 Å². The molecule has 320 valence electrons. The molecule has 8 aromatic rings. The van der Waals surface area contributed by atoms with E-state index >= 15 is 0 Å². The molecule has 0 amide bonds. The van der Waals surface area contributed by atoms with Gasteiger partial charge >= 0.3 is 0 Å². The predicted octanol–water partition coefficient (Wildman–Crippen LogP) is 10.3. The van der Waals surface area contributed by atoms with E-state index < -0.39 is 0 Å². The van der Waals surface area contributed by atoms with E-state index in [1.54, 1.807) is 0 Å². The fourth-order valence-electron chi connectivity index (χ4n) is 8.57. The number of benzene rings is 6. The van der Waals surface area contributed by atoms with Gasteiger partial charge in [-0.1, -0.05) is 133 Å². The summed E-state index contributed by atoms with van der Waals surface area (Å²) in [5.74, 6) is 2.01. The minimum Gasteiger partial charge on any atom is -0.507 e. The van der Waals surface area contributed by atoms with Gasteiger partial charge in [0, 0.05) is 64.3 Å². The number of phenolic OH excluding ortho intramolecular Hbond substituents is 2. The molecule has 2 heterocycles. The van der Waals surface area contributed by atoms with E-state index in [-0.39, 0.29) is 11.5 Å². The zero-order valence-corrected chi connectivity index (χ0v) is 35.8. The van der Waals surface area contributed by atoms with Gasteiger partial charge in [-0.05, 0) is 91.0 Å². The minimum atomic E-state index is 0.255. The maximum atomic E-state index is 12.3.